The number of phosphoric ester groups is 1. The quantitative estimate of drug-likeness (QED) is 0.132. The zero-order valence-corrected chi connectivity index (χ0v) is 20.7. The van der Waals surface area contributed by atoms with Crippen molar-refractivity contribution in [2.75, 3.05) is 25.6 Å². The number of imidazole rings is 1. The van der Waals surface area contributed by atoms with Crippen LogP contribution in [0.4, 0.5) is 5.95 Å². The summed E-state index contributed by atoms with van der Waals surface area (Å²) in [4.78, 5) is 50.1. The molecule has 5 heterocycles. The topological polar surface area (TPSA) is 311 Å². The second-order valence-corrected chi connectivity index (χ2v) is 11.7. The second-order valence-electron chi connectivity index (χ2n) is 8.91. The van der Waals surface area contributed by atoms with Crippen LogP contribution in [0.1, 0.15) is 0 Å². The lowest BCUT2D eigenvalue weighted by Crippen LogP contribution is -2.60. The third kappa shape index (κ3) is 4.23. The molecule has 2 aromatic heterocycles. The average Bonchev–Trinajstić information content (AvgIpc) is 3.52. The molecule has 0 aromatic carbocycles. The molecule has 9 atom stereocenters. The Morgan fingerprint density at radius 3 is 2.55 bits per heavy atom. The molecule has 22 heteroatoms. The second kappa shape index (κ2) is 9.08. The van der Waals surface area contributed by atoms with Gasteiger partial charge < -0.3 is 55.1 Å². The largest absolute Gasteiger partial charge is 0.481 e. The Bertz CT molecular complexity index is 1400. The van der Waals surface area contributed by atoms with E-state index in [-0.39, 0.29) is 17.1 Å². The molecule has 0 amide bonds. The van der Waals surface area contributed by atoms with Gasteiger partial charge in [0.05, 0.1) is 26.1 Å². The van der Waals surface area contributed by atoms with Crippen molar-refractivity contribution in [3.05, 3.63) is 16.7 Å². The van der Waals surface area contributed by atoms with Crippen LogP contribution in [-0.2, 0) is 37.9 Å². The van der Waals surface area contributed by atoms with Crippen LogP contribution in [0.25, 0.3) is 11.2 Å². The van der Waals surface area contributed by atoms with Gasteiger partial charge in [-0.1, -0.05) is 0 Å². The Labute approximate surface area is 210 Å². The first-order chi connectivity index (χ1) is 17.6. The number of anilines is 1. The van der Waals surface area contributed by atoms with E-state index in [1.807, 2.05) is 0 Å². The molecule has 212 valence electrons. The summed E-state index contributed by atoms with van der Waals surface area (Å²) in [5.74, 6) is -0.348. The highest BCUT2D eigenvalue weighted by atomic mass is 31.3. The first-order valence-corrected chi connectivity index (χ1v) is 13.8. The number of rotatable bonds is 8. The van der Waals surface area contributed by atoms with Gasteiger partial charge in [-0.25, -0.2) is 14.1 Å². The maximum Gasteiger partial charge on any atom is 0.481 e. The number of phosphoric acid groups is 2. The summed E-state index contributed by atoms with van der Waals surface area (Å²) in [6.45, 7) is -2.29. The first-order valence-electron chi connectivity index (χ1n) is 10.7. The summed E-state index contributed by atoms with van der Waals surface area (Å²) in [6.07, 6.45) is -8.65. The third-order valence-corrected chi connectivity index (χ3v) is 8.67. The van der Waals surface area contributed by atoms with E-state index in [4.69, 9.17) is 34.3 Å². The van der Waals surface area contributed by atoms with Gasteiger partial charge in [-0.05, 0) is 0 Å². The molecular weight excluding hydrogens is 564 g/mol. The number of nitrogen functional groups attached to an aromatic ring is 1. The Kier molecular flexibility index (Phi) is 6.62. The van der Waals surface area contributed by atoms with Gasteiger partial charge in [-0.3, -0.25) is 18.9 Å². The Hall–Kier alpha value is -1.87. The Morgan fingerprint density at radius 1 is 1.21 bits per heavy atom. The smallest absolute Gasteiger partial charge is 0.394 e. The summed E-state index contributed by atoms with van der Waals surface area (Å²) < 4.78 is 50.1. The van der Waals surface area contributed by atoms with Gasteiger partial charge in [0.1, 0.15) is 42.2 Å². The van der Waals surface area contributed by atoms with Crippen molar-refractivity contribution >= 4 is 32.8 Å². The number of nitrogens with one attached hydrogen (secondary N) is 1. The fraction of sp³-hybridized carbons (Fsp3) is 0.688. The van der Waals surface area contributed by atoms with E-state index in [1.165, 1.54) is 0 Å². The first kappa shape index (κ1) is 27.7. The van der Waals surface area contributed by atoms with E-state index in [9.17, 15) is 39.2 Å². The van der Waals surface area contributed by atoms with Crippen molar-refractivity contribution in [3.8, 4) is 0 Å². The van der Waals surface area contributed by atoms with Crippen molar-refractivity contribution in [1.29, 1.82) is 0 Å². The van der Waals surface area contributed by atoms with E-state index in [2.05, 4.69) is 19.3 Å². The van der Waals surface area contributed by atoms with Gasteiger partial charge in [0.25, 0.3) is 5.56 Å². The van der Waals surface area contributed by atoms with E-state index in [1.54, 1.807) is 0 Å². The van der Waals surface area contributed by atoms with Crippen LogP contribution in [-0.4, -0.2) is 117 Å². The number of ether oxygens (including phenoxy) is 3. The van der Waals surface area contributed by atoms with Crippen LogP contribution in [0, 0.1) is 0 Å². The maximum absolute atomic E-state index is 12.4. The van der Waals surface area contributed by atoms with Crippen LogP contribution < -0.4 is 11.3 Å². The highest BCUT2D eigenvalue weighted by Gasteiger charge is 2.75. The molecule has 38 heavy (non-hydrogen) atoms. The van der Waals surface area contributed by atoms with Crippen LogP contribution in [0.3, 0.4) is 0 Å². The molecule has 3 aliphatic rings. The number of hydrogen-bond acceptors (Lipinski definition) is 15. The molecule has 0 spiro atoms. The van der Waals surface area contributed by atoms with E-state index < -0.39 is 89.0 Å². The van der Waals surface area contributed by atoms with Crippen LogP contribution in [0.2, 0.25) is 0 Å². The number of aromatic amines is 1. The number of nitrogens with two attached hydrogens (primary N) is 1. The molecule has 1 unspecified atom stereocenters. The molecule has 3 fully saturated rings. The molecule has 0 aliphatic carbocycles. The number of aliphatic hydroxyl groups is 4. The summed E-state index contributed by atoms with van der Waals surface area (Å²) in [5, 5.41) is 42.1. The standard InChI is InChI=1S/C16H23N5O15P2/c17-14-19-12-6(13(26)20-14)18-4-21(12)16(10-8(24)7(23)5(1-22)34-10)11-9(25)15(35-16,2-32-11)3-33-38(30,31)36-37(27,28)29/h4-5,7-11,22-25H,1-3H2,(H,30,31)(H2,27,28,29)(H3,17,19,20,26)/t5-,7-,8-,9-,10+,11+,15+,16+/m0/s1. The lowest BCUT2D eigenvalue weighted by atomic mass is 9.91. The zero-order valence-electron chi connectivity index (χ0n) is 18.9. The van der Waals surface area contributed by atoms with Crippen molar-refractivity contribution in [1.82, 2.24) is 19.5 Å². The normalized spacial score (nSPS) is 38.7. The van der Waals surface area contributed by atoms with E-state index >= 15 is 0 Å². The molecule has 0 saturated carbocycles. The number of aliphatic hydroxyl groups excluding tert-OH is 4. The minimum Gasteiger partial charge on any atom is -0.394 e. The number of hydrogen-bond donors (Lipinski definition) is 9. The average molecular weight is 587 g/mol. The summed E-state index contributed by atoms with van der Waals surface area (Å²) in [5.41, 5.74) is 0.136. The van der Waals surface area contributed by atoms with E-state index in [0.717, 1.165) is 10.9 Å². The van der Waals surface area contributed by atoms with Crippen molar-refractivity contribution in [3.63, 3.8) is 0 Å². The van der Waals surface area contributed by atoms with Crippen molar-refractivity contribution < 1.29 is 67.3 Å². The maximum atomic E-state index is 12.4. The van der Waals surface area contributed by atoms with Crippen molar-refractivity contribution in [2.45, 2.75) is 47.9 Å². The fourth-order valence-corrected chi connectivity index (χ4v) is 6.62. The lowest BCUT2D eigenvalue weighted by Gasteiger charge is -2.44. The van der Waals surface area contributed by atoms with Gasteiger partial charge in [-0.15, -0.1) is 0 Å². The van der Waals surface area contributed by atoms with Crippen molar-refractivity contribution in [2.24, 2.45) is 0 Å². The predicted molar refractivity (Wildman–Crippen MR) is 117 cm³/mol. The lowest BCUT2D eigenvalue weighted by molar-refractivity contribution is -0.296. The van der Waals surface area contributed by atoms with Gasteiger partial charge in [-0.2, -0.15) is 9.29 Å². The molecule has 3 aliphatic heterocycles. The number of fused-ring (bicyclic) bond motifs is 3. The summed E-state index contributed by atoms with van der Waals surface area (Å²) >= 11 is 0. The monoisotopic (exact) mass is 587 g/mol. The molecular formula is C16H23N5O15P2. The number of nitrogens with zero attached hydrogens (tertiary/aromatic N) is 3. The van der Waals surface area contributed by atoms with Crippen LogP contribution in [0.15, 0.2) is 11.1 Å². The molecule has 2 bridgehead atoms. The molecule has 0 radical (unpaired) electrons. The highest BCUT2D eigenvalue weighted by Crippen LogP contribution is 2.60. The van der Waals surface area contributed by atoms with Gasteiger partial charge in [0.2, 0.25) is 11.7 Å². The molecule has 5 rings (SSSR count). The Morgan fingerprint density at radius 2 is 1.92 bits per heavy atom. The molecule has 2 aromatic rings. The summed E-state index contributed by atoms with van der Waals surface area (Å²) in [7, 11) is -10.9. The van der Waals surface area contributed by atoms with Crippen LogP contribution in [0.5, 0.6) is 0 Å². The third-order valence-electron chi connectivity index (χ3n) is 6.54. The van der Waals surface area contributed by atoms with E-state index in [0.29, 0.717) is 0 Å². The minimum atomic E-state index is -5.47. The zero-order chi connectivity index (χ0) is 27.8. The Balaban J connectivity index is 1.62. The fourth-order valence-electron chi connectivity index (χ4n) is 4.97. The number of H-pyrrole nitrogens is 1. The predicted octanol–water partition coefficient (Wildman–Crippen LogP) is -4.41. The molecule has 3 saturated heterocycles. The minimum absolute atomic E-state index is 0.235. The highest BCUT2D eigenvalue weighted by molar-refractivity contribution is 7.60. The number of aromatic nitrogens is 4. The SMILES string of the molecule is Nc1nc2c(ncn2[C@]2([C@@H]3O[C@@H](CO)[C@H](O)[C@@H]3O)O[C@@]3(COP(=O)(O)OP(=O)(O)O)CO[C@@H]2[C@@H]3O)c(=O)[nH]1. The van der Waals surface area contributed by atoms with Gasteiger partial charge in [0, 0.05) is 0 Å². The van der Waals surface area contributed by atoms with Crippen LogP contribution >= 0.6 is 15.6 Å². The molecule has 10 N–H and O–H groups in total. The summed E-state index contributed by atoms with van der Waals surface area (Å²) in [6, 6.07) is 0. The van der Waals surface area contributed by atoms with Gasteiger partial charge in [0.15, 0.2) is 11.2 Å². The molecule has 20 nitrogen and oxygen atoms in total. The van der Waals surface area contributed by atoms with Gasteiger partial charge >= 0.3 is 15.6 Å².